The van der Waals surface area contributed by atoms with Crippen molar-refractivity contribution >= 4 is 17.7 Å². The zero-order valence-corrected chi connectivity index (χ0v) is 17.9. The number of hydrogen-bond donors (Lipinski definition) is 0. The first kappa shape index (κ1) is 20.5. The van der Waals surface area contributed by atoms with Crippen molar-refractivity contribution in [3.05, 3.63) is 48.7 Å². The number of carbonyl (C=O) groups is 1. The first-order valence-electron chi connectivity index (χ1n) is 10.3. The van der Waals surface area contributed by atoms with E-state index < -0.39 is 0 Å². The highest BCUT2D eigenvalue weighted by atomic mass is 32.2. The average molecular weight is 427 g/mol. The Hall–Kier alpha value is -2.74. The van der Waals surface area contributed by atoms with E-state index in [9.17, 15) is 4.79 Å². The van der Waals surface area contributed by atoms with Crippen LogP contribution in [-0.4, -0.2) is 51.0 Å². The van der Waals surface area contributed by atoms with Gasteiger partial charge in [0.15, 0.2) is 16.7 Å². The summed E-state index contributed by atoms with van der Waals surface area (Å²) in [6, 6.07) is 13.5. The van der Waals surface area contributed by atoms with Crippen LogP contribution in [0.5, 0.6) is 5.75 Å². The van der Waals surface area contributed by atoms with E-state index >= 15 is 0 Å². The van der Waals surface area contributed by atoms with E-state index in [0.717, 1.165) is 36.8 Å². The first-order chi connectivity index (χ1) is 14.7. The fourth-order valence-electron chi connectivity index (χ4n) is 3.64. The standard InChI is InChI=1S/C22H26N4O3S/c1-2-26-21(19-11-7-13-28-19)23-24-22(26)30-16-20(27)25-12-6-8-17(14-25)15-29-18-9-4-3-5-10-18/h3-5,7,9-11,13,17H,2,6,8,12,14-16H2,1H3. The molecule has 158 valence electrons. The summed E-state index contributed by atoms with van der Waals surface area (Å²) in [4.78, 5) is 14.8. The summed E-state index contributed by atoms with van der Waals surface area (Å²) in [5, 5.41) is 9.24. The van der Waals surface area contributed by atoms with Crippen molar-refractivity contribution in [2.45, 2.75) is 31.5 Å². The molecule has 3 heterocycles. The predicted molar refractivity (Wildman–Crippen MR) is 115 cm³/mol. The van der Waals surface area contributed by atoms with Crippen LogP contribution in [0.3, 0.4) is 0 Å². The topological polar surface area (TPSA) is 73.4 Å². The van der Waals surface area contributed by atoms with Gasteiger partial charge in [0.1, 0.15) is 5.75 Å². The van der Waals surface area contributed by atoms with Crippen LogP contribution in [0.2, 0.25) is 0 Å². The summed E-state index contributed by atoms with van der Waals surface area (Å²) >= 11 is 1.43. The molecule has 1 atom stereocenters. The number of rotatable bonds is 8. The Morgan fingerprint density at radius 3 is 2.87 bits per heavy atom. The molecule has 1 aromatic carbocycles. The lowest BCUT2D eigenvalue weighted by molar-refractivity contribution is -0.130. The van der Waals surface area contributed by atoms with Gasteiger partial charge in [-0.15, -0.1) is 10.2 Å². The molecule has 1 aliphatic rings. The van der Waals surface area contributed by atoms with E-state index in [1.807, 2.05) is 58.9 Å². The third kappa shape index (κ3) is 4.87. The molecular weight excluding hydrogens is 400 g/mol. The van der Waals surface area contributed by atoms with Crippen LogP contribution in [0.25, 0.3) is 11.6 Å². The summed E-state index contributed by atoms with van der Waals surface area (Å²) in [6.45, 7) is 4.92. The second-order valence-electron chi connectivity index (χ2n) is 7.29. The summed E-state index contributed by atoms with van der Waals surface area (Å²) in [5.41, 5.74) is 0. The molecule has 8 heteroatoms. The zero-order valence-electron chi connectivity index (χ0n) is 17.1. The van der Waals surface area contributed by atoms with Gasteiger partial charge in [-0.05, 0) is 44.0 Å². The van der Waals surface area contributed by atoms with E-state index in [1.165, 1.54) is 11.8 Å². The Morgan fingerprint density at radius 2 is 2.10 bits per heavy atom. The van der Waals surface area contributed by atoms with Gasteiger partial charge in [-0.2, -0.15) is 0 Å². The number of nitrogens with zero attached hydrogens (tertiary/aromatic N) is 4. The van der Waals surface area contributed by atoms with Crippen molar-refractivity contribution in [1.82, 2.24) is 19.7 Å². The van der Waals surface area contributed by atoms with Gasteiger partial charge in [0.2, 0.25) is 5.91 Å². The minimum atomic E-state index is 0.134. The Balaban J connectivity index is 1.31. The number of para-hydroxylation sites is 1. The number of benzene rings is 1. The van der Waals surface area contributed by atoms with Crippen LogP contribution in [0.15, 0.2) is 58.3 Å². The Bertz CT molecular complexity index is 943. The number of aromatic nitrogens is 3. The lowest BCUT2D eigenvalue weighted by Gasteiger charge is -2.32. The second-order valence-corrected chi connectivity index (χ2v) is 8.23. The monoisotopic (exact) mass is 426 g/mol. The summed E-state index contributed by atoms with van der Waals surface area (Å²) in [7, 11) is 0. The highest BCUT2D eigenvalue weighted by Gasteiger charge is 2.25. The zero-order chi connectivity index (χ0) is 20.8. The van der Waals surface area contributed by atoms with E-state index in [2.05, 4.69) is 10.2 Å². The quantitative estimate of drug-likeness (QED) is 0.508. The summed E-state index contributed by atoms with van der Waals surface area (Å²) in [5.74, 6) is 3.09. The molecular formula is C22H26N4O3S. The molecule has 1 fully saturated rings. The van der Waals surface area contributed by atoms with Gasteiger partial charge in [0.25, 0.3) is 0 Å². The van der Waals surface area contributed by atoms with E-state index in [0.29, 0.717) is 36.4 Å². The maximum absolute atomic E-state index is 12.8. The third-order valence-corrected chi connectivity index (χ3v) is 6.15. The van der Waals surface area contributed by atoms with E-state index in [-0.39, 0.29) is 5.91 Å². The van der Waals surface area contributed by atoms with Gasteiger partial charge in [-0.25, -0.2) is 0 Å². The molecule has 0 saturated carbocycles. The van der Waals surface area contributed by atoms with Crippen LogP contribution in [0.4, 0.5) is 0 Å². The summed E-state index contributed by atoms with van der Waals surface area (Å²) < 4.78 is 13.3. The molecule has 1 amide bonds. The Kier molecular flexibility index (Phi) is 6.74. The molecule has 1 unspecified atom stereocenters. The first-order valence-corrected chi connectivity index (χ1v) is 11.3. The molecule has 3 aromatic rings. The van der Waals surface area contributed by atoms with Crippen molar-refractivity contribution in [3.8, 4) is 17.3 Å². The molecule has 4 rings (SSSR count). The van der Waals surface area contributed by atoms with E-state index in [1.54, 1.807) is 6.26 Å². The normalized spacial score (nSPS) is 16.6. The lowest BCUT2D eigenvalue weighted by atomic mass is 9.99. The van der Waals surface area contributed by atoms with Crippen LogP contribution >= 0.6 is 11.8 Å². The van der Waals surface area contributed by atoms with Crippen LogP contribution in [0, 0.1) is 5.92 Å². The number of likely N-dealkylation sites (tertiary alicyclic amines) is 1. The molecule has 0 spiro atoms. The van der Waals surface area contributed by atoms with Crippen molar-refractivity contribution < 1.29 is 13.9 Å². The number of thioether (sulfide) groups is 1. The molecule has 0 radical (unpaired) electrons. The highest BCUT2D eigenvalue weighted by Crippen LogP contribution is 2.25. The molecule has 30 heavy (non-hydrogen) atoms. The van der Waals surface area contributed by atoms with Crippen molar-refractivity contribution in [2.75, 3.05) is 25.4 Å². The minimum absolute atomic E-state index is 0.134. The summed E-state index contributed by atoms with van der Waals surface area (Å²) in [6.07, 6.45) is 3.71. The van der Waals surface area contributed by atoms with Gasteiger partial charge in [0, 0.05) is 25.6 Å². The number of hydrogen-bond acceptors (Lipinski definition) is 6. The smallest absolute Gasteiger partial charge is 0.233 e. The van der Waals surface area contributed by atoms with Crippen LogP contribution in [-0.2, 0) is 11.3 Å². The van der Waals surface area contributed by atoms with Gasteiger partial charge in [-0.3, -0.25) is 9.36 Å². The molecule has 0 N–H and O–H groups in total. The second kappa shape index (κ2) is 9.84. The number of piperidine rings is 1. The number of carbonyl (C=O) groups excluding carboxylic acids is 1. The minimum Gasteiger partial charge on any atom is -0.493 e. The lowest BCUT2D eigenvalue weighted by Crippen LogP contribution is -2.42. The number of furan rings is 1. The van der Waals surface area contributed by atoms with Crippen LogP contribution in [0.1, 0.15) is 19.8 Å². The third-order valence-electron chi connectivity index (χ3n) is 5.20. The average Bonchev–Trinajstić information content (AvgIpc) is 3.46. The maximum atomic E-state index is 12.8. The fraction of sp³-hybridized carbons (Fsp3) is 0.409. The van der Waals surface area contributed by atoms with Gasteiger partial charge in [-0.1, -0.05) is 30.0 Å². The van der Waals surface area contributed by atoms with Crippen LogP contribution < -0.4 is 4.74 Å². The molecule has 7 nitrogen and oxygen atoms in total. The van der Waals surface area contributed by atoms with Crippen molar-refractivity contribution in [3.63, 3.8) is 0 Å². The molecule has 1 aliphatic heterocycles. The molecule has 0 bridgehead atoms. The molecule has 1 saturated heterocycles. The highest BCUT2D eigenvalue weighted by molar-refractivity contribution is 7.99. The van der Waals surface area contributed by atoms with Crippen molar-refractivity contribution in [2.24, 2.45) is 5.92 Å². The Labute approximate surface area is 180 Å². The Morgan fingerprint density at radius 1 is 1.23 bits per heavy atom. The van der Waals surface area contributed by atoms with E-state index in [4.69, 9.17) is 9.15 Å². The molecule has 2 aromatic heterocycles. The fourth-order valence-corrected chi connectivity index (χ4v) is 4.55. The van der Waals surface area contributed by atoms with Gasteiger partial charge in [0.05, 0.1) is 18.6 Å². The number of ether oxygens (including phenoxy) is 1. The predicted octanol–water partition coefficient (Wildman–Crippen LogP) is 3.97. The van der Waals surface area contributed by atoms with Gasteiger partial charge < -0.3 is 14.1 Å². The SMILES string of the molecule is CCn1c(SCC(=O)N2CCCC(COc3ccccc3)C2)nnc1-c1ccco1. The van der Waals surface area contributed by atoms with Gasteiger partial charge >= 0.3 is 0 Å². The number of amides is 1. The molecule has 0 aliphatic carbocycles. The van der Waals surface area contributed by atoms with Crippen molar-refractivity contribution in [1.29, 1.82) is 0 Å². The maximum Gasteiger partial charge on any atom is 0.233 e. The largest absolute Gasteiger partial charge is 0.493 e.